The lowest BCUT2D eigenvalue weighted by atomic mass is 10.0. The van der Waals surface area contributed by atoms with E-state index in [9.17, 15) is 18.3 Å². The van der Waals surface area contributed by atoms with Crippen molar-refractivity contribution >= 4 is 16.0 Å². The minimum atomic E-state index is -3.88. The molecule has 1 fully saturated rings. The zero-order valence-electron chi connectivity index (χ0n) is 11.3. The lowest BCUT2D eigenvalue weighted by Crippen LogP contribution is -2.42. The van der Waals surface area contributed by atoms with Crippen molar-refractivity contribution in [2.24, 2.45) is 5.92 Å². The molecule has 1 saturated heterocycles. The van der Waals surface area contributed by atoms with Gasteiger partial charge in [-0.25, -0.2) is 8.42 Å². The van der Waals surface area contributed by atoms with Crippen molar-refractivity contribution in [3.8, 4) is 5.75 Å². The van der Waals surface area contributed by atoms with Crippen LogP contribution in [-0.2, 0) is 14.8 Å². The van der Waals surface area contributed by atoms with Crippen molar-refractivity contribution in [1.82, 2.24) is 4.31 Å². The summed E-state index contributed by atoms with van der Waals surface area (Å²) in [6.45, 7) is 1.95. The predicted molar refractivity (Wildman–Crippen MR) is 72.1 cm³/mol. The average molecular weight is 299 g/mol. The molecule has 0 bridgehead atoms. The number of methoxy groups -OCH3 is 1. The monoisotopic (exact) mass is 299 g/mol. The molecule has 2 unspecified atom stereocenters. The van der Waals surface area contributed by atoms with Crippen LogP contribution in [-0.4, -0.2) is 43.5 Å². The van der Waals surface area contributed by atoms with Gasteiger partial charge in [-0.2, -0.15) is 4.31 Å². The summed E-state index contributed by atoms with van der Waals surface area (Å²) in [5.74, 6) is -1.11. The van der Waals surface area contributed by atoms with E-state index in [-0.39, 0.29) is 23.1 Å². The lowest BCUT2D eigenvalue weighted by Gasteiger charge is -2.23. The number of rotatable bonds is 4. The lowest BCUT2D eigenvalue weighted by molar-refractivity contribution is -0.141. The molecule has 2 atom stereocenters. The summed E-state index contributed by atoms with van der Waals surface area (Å²) in [7, 11) is -2.50. The molecule has 1 aliphatic rings. The van der Waals surface area contributed by atoms with Gasteiger partial charge in [0.25, 0.3) is 0 Å². The van der Waals surface area contributed by atoms with Gasteiger partial charge in [-0.3, -0.25) is 4.79 Å². The van der Waals surface area contributed by atoms with E-state index in [4.69, 9.17) is 4.74 Å². The fourth-order valence-electron chi connectivity index (χ4n) is 2.51. The van der Waals surface area contributed by atoms with Gasteiger partial charge in [-0.1, -0.05) is 19.1 Å². The van der Waals surface area contributed by atoms with Crippen LogP contribution in [0, 0.1) is 5.92 Å². The maximum atomic E-state index is 12.7. The molecule has 0 aliphatic carbocycles. The van der Waals surface area contributed by atoms with Crippen LogP contribution in [0.1, 0.15) is 13.3 Å². The maximum Gasteiger partial charge on any atom is 0.322 e. The summed E-state index contributed by atoms with van der Waals surface area (Å²) in [5.41, 5.74) is 0. The van der Waals surface area contributed by atoms with Crippen LogP contribution in [0.4, 0.5) is 0 Å². The van der Waals surface area contributed by atoms with E-state index in [1.165, 1.54) is 13.2 Å². The molecule has 2 rings (SSSR count). The molecular weight excluding hydrogens is 282 g/mol. The number of aliphatic carboxylic acids is 1. The van der Waals surface area contributed by atoms with Crippen molar-refractivity contribution in [3.05, 3.63) is 24.3 Å². The number of nitrogens with zero attached hydrogens (tertiary/aromatic N) is 1. The van der Waals surface area contributed by atoms with Gasteiger partial charge in [0.2, 0.25) is 10.0 Å². The molecule has 0 spiro atoms. The highest BCUT2D eigenvalue weighted by molar-refractivity contribution is 7.89. The molecule has 0 saturated carbocycles. The highest BCUT2D eigenvalue weighted by Crippen LogP contribution is 2.33. The van der Waals surface area contributed by atoms with Crippen LogP contribution in [0.15, 0.2) is 29.2 Å². The number of carbonyl (C=O) groups is 1. The predicted octanol–water partition coefficient (Wildman–Crippen LogP) is 1.18. The topological polar surface area (TPSA) is 83.9 Å². The maximum absolute atomic E-state index is 12.7. The Morgan fingerprint density at radius 1 is 1.40 bits per heavy atom. The van der Waals surface area contributed by atoms with E-state index >= 15 is 0 Å². The quantitative estimate of drug-likeness (QED) is 0.902. The zero-order chi connectivity index (χ0) is 14.9. The minimum Gasteiger partial charge on any atom is -0.495 e. The van der Waals surface area contributed by atoms with Crippen molar-refractivity contribution in [1.29, 1.82) is 0 Å². The number of benzene rings is 1. The first-order valence-corrected chi connectivity index (χ1v) is 7.71. The highest BCUT2D eigenvalue weighted by atomic mass is 32.2. The van der Waals surface area contributed by atoms with Gasteiger partial charge in [0, 0.05) is 6.54 Å². The van der Waals surface area contributed by atoms with E-state index in [1.54, 1.807) is 25.1 Å². The molecule has 1 N–H and O–H groups in total. The first-order valence-electron chi connectivity index (χ1n) is 6.27. The molecule has 0 radical (unpaired) electrons. The van der Waals surface area contributed by atoms with Gasteiger partial charge >= 0.3 is 5.97 Å². The van der Waals surface area contributed by atoms with Crippen LogP contribution in [0.3, 0.4) is 0 Å². The molecule has 1 aliphatic heterocycles. The van der Waals surface area contributed by atoms with E-state index in [1.807, 2.05) is 0 Å². The van der Waals surface area contributed by atoms with Gasteiger partial charge < -0.3 is 9.84 Å². The molecule has 7 heteroatoms. The number of hydrogen-bond donors (Lipinski definition) is 1. The van der Waals surface area contributed by atoms with Gasteiger partial charge in [-0.15, -0.1) is 0 Å². The molecule has 0 aromatic heterocycles. The summed E-state index contributed by atoms with van der Waals surface area (Å²) < 4.78 is 31.4. The number of carboxylic acid groups (broad SMARTS) is 1. The van der Waals surface area contributed by atoms with E-state index in [0.29, 0.717) is 6.42 Å². The number of carboxylic acids is 1. The number of para-hydroxylation sites is 1. The van der Waals surface area contributed by atoms with E-state index in [0.717, 1.165) is 4.31 Å². The Morgan fingerprint density at radius 3 is 2.65 bits per heavy atom. The first kappa shape index (κ1) is 14.8. The van der Waals surface area contributed by atoms with Gasteiger partial charge in [-0.05, 0) is 24.5 Å². The average Bonchev–Trinajstić information content (AvgIpc) is 2.81. The highest BCUT2D eigenvalue weighted by Gasteiger charge is 2.44. The van der Waals surface area contributed by atoms with Gasteiger partial charge in [0.15, 0.2) is 0 Å². The Bertz CT molecular complexity index is 613. The molecule has 110 valence electrons. The Kier molecular flexibility index (Phi) is 4.01. The van der Waals surface area contributed by atoms with Crippen molar-refractivity contribution in [2.45, 2.75) is 24.3 Å². The Hall–Kier alpha value is -1.60. The number of sulfonamides is 1. The summed E-state index contributed by atoms with van der Waals surface area (Å²) in [6.07, 6.45) is 0.533. The number of ether oxygens (including phenoxy) is 1. The van der Waals surface area contributed by atoms with Crippen LogP contribution >= 0.6 is 0 Å². The van der Waals surface area contributed by atoms with Crippen LogP contribution in [0.25, 0.3) is 0 Å². The largest absolute Gasteiger partial charge is 0.495 e. The summed E-state index contributed by atoms with van der Waals surface area (Å²) in [6, 6.07) is 5.20. The summed E-state index contributed by atoms with van der Waals surface area (Å²) in [5, 5.41) is 9.25. The van der Waals surface area contributed by atoms with Crippen LogP contribution < -0.4 is 4.74 Å². The smallest absolute Gasteiger partial charge is 0.322 e. The standard InChI is InChI=1S/C13H17NO5S/c1-9-7-8-14(12(9)13(15)16)20(17,18)11-6-4-3-5-10(11)19-2/h3-6,9,12H,7-8H2,1-2H3,(H,15,16). The molecule has 1 aromatic rings. The second kappa shape index (κ2) is 5.41. The van der Waals surface area contributed by atoms with Crippen molar-refractivity contribution < 1.29 is 23.1 Å². The summed E-state index contributed by atoms with van der Waals surface area (Å²) >= 11 is 0. The molecule has 0 amide bonds. The fourth-order valence-corrected chi connectivity index (χ4v) is 4.36. The minimum absolute atomic E-state index is 0.00264. The Balaban J connectivity index is 2.47. The molecule has 6 nitrogen and oxygen atoms in total. The molecule has 1 aromatic carbocycles. The number of hydrogen-bond acceptors (Lipinski definition) is 4. The summed E-state index contributed by atoms with van der Waals surface area (Å²) in [4.78, 5) is 11.3. The Morgan fingerprint density at radius 2 is 2.05 bits per heavy atom. The van der Waals surface area contributed by atoms with Crippen LogP contribution in [0.5, 0.6) is 5.75 Å². The molecular formula is C13H17NO5S. The van der Waals surface area contributed by atoms with Gasteiger partial charge in [0.1, 0.15) is 16.7 Å². The third-order valence-corrected chi connectivity index (χ3v) is 5.48. The fraction of sp³-hybridized carbons (Fsp3) is 0.462. The normalized spacial score (nSPS) is 23.7. The van der Waals surface area contributed by atoms with Crippen molar-refractivity contribution in [3.63, 3.8) is 0 Å². The third kappa shape index (κ3) is 2.38. The second-order valence-corrected chi connectivity index (χ2v) is 6.67. The molecule has 20 heavy (non-hydrogen) atoms. The second-order valence-electron chi connectivity index (χ2n) is 4.82. The van der Waals surface area contributed by atoms with E-state index in [2.05, 4.69) is 0 Å². The zero-order valence-corrected chi connectivity index (χ0v) is 12.1. The SMILES string of the molecule is COc1ccccc1S(=O)(=O)N1CCC(C)C1C(=O)O. The first-order chi connectivity index (χ1) is 9.39. The van der Waals surface area contributed by atoms with E-state index < -0.39 is 22.0 Å². The van der Waals surface area contributed by atoms with Crippen molar-refractivity contribution in [2.75, 3.05) is 13.7 Å². The van der Waals surface area contributed by atoms with Crippen LogP contribution in [0.2, 0.25) is 0 Å². The van der Waals surface area contributed by atoms with Gasteiger partial charge in [0.05, 0.1) is 7.11 Å². The Labute approximate surface area is 118 Å². The molecule has 1 heterocycles. The third-order valence-electron chi connectivity index (χ3n) is 3.56.